The van der Waals surface area contributed by atoms with Gasteiger partial charge in [-0.15, -0.1) is 0 Å². The summed E-state index contributed by atoms with van der Waals surface area (Å²) in [6.45, 7) is 3.07. The van der Waals surface area contributed by atoms with E-state index in [4.69, 9.17) is 10.4 Å². The molecule has 0 aliphatic carbocycles. The van der Waals surface area contributed by atoms with Crippen molar-refractivity contribution in [1.82, 2.24) is 4.37 Å². The average Bonchev–Trinajstić information content (AvgIpc) is 2.71. The second-order valence-electron chi connectivity index (χ2n) is 3.79. The fourth-order valence-electron chi connectivity index (χ4n) is 1.49. The molecule has 1 unspecified atom stereocenters. The first-order valence-electron chi connectivity index (χ1n) is 5.34. The van der Waals surface area contributed by atoms with Crippen LogP contribution in [-0.2, 0) is 10.0 Å². The maximum absolute atomic E-state index is 12.2. The van der Waals surface area contributed by atoms with Gasteiger partial charge in [0.25, 0.3) is 10.0 Å². The normalized spacial score (nSPS) is 12.7. The topological polar surface area (TPSA) is 111 Å². The Balaban J connectivity index is 3.33. The Hall–Kier alpha value is -1.66. The summed E-state index contributed by atoms with van der Waals surface area (Å²) in [5.41, 5.74) is 0.100. The molecule has 1 rings (SSSR count). The lowest BCUT2D eigenvalue weighted by atomic mass is 10.2. The van der Waals surface area contributed by atoms with Crippen molar-refractivity contribution in [2.45, 2.75) is 25.5 Å². The van der Waals surface area contributed by atoms with E-state index in [1.807, 2.05) is 0 Å². The number of aromatic nitrogens is 1. The number of aryl methyl sites for hydroxylation is 1. The van der Waals surface area contributed by atoms with Crippen LogP contribution in [0.25, 0.3) is 0 Å². The molecule has 0 amide bonds. The summed E-state index contributed by atoms with van der Waals surface area (Å²) in [4.78, 5) is 11.1. The van der Waals surface area contributed by atoms with Crippen molar-refractivity contribution in [1.29, 1.82) is 5.26 Å². The minimum atomic E-state index is -3.92. The highest BCUT2D eigenvalue weighted by Gasteiger charge is 2.33. The van der Waals surface area contributed by atoms with Crippen LogP contribution in [0.4, 0.5) is 5.00 Å². The molecule has 1 aromatic heterocycles. The lowest BCUT2D eigenvalue weighted by molar-refractivity contribution is 0.0697. The van der Waals surface area contributed by atoms with E-state index in [0.29, 0.717) is 0 Å². The van der Waals surface area contributed by atoms with Crippen molar-refractivity contribution in [3.05, 3.63) is 11.3 Å². The van der Waals surface area contributed by atoms with E-state index in [0.717, 1.165) is 15.8 Å². The van der Waals surface area contributed by atoms with Crippen LogP contribution in [0.5, 0.6) is 0 Å². The Morgan fingerprint density at radius 2 is 2.21 bits per heavy atom. The highest BCUT2D eigenvalue weighted by atomic mass is 32.2. The van der Waals surface area contributed by atoms with E-state index in [1.165, 1.54) is 14.0 Å². The molecule has 1 heterocycles. The van der Waals surface area contributed by atoms with Crippen LogP contribution in [0.2, 0.25) is 0 Å². The maximum Gasteiger partial charge on any atom is 0.340 e. The van der Waals surface area contributed by atoms with Crippen LogP contribution < -0.4 is 4.31 Å². The first-order chi connectivity index (χ1) is 8.77. The van der Waals surface area contributed by atoms with Gasteiger partial charge in [-0.1, -0.05) is 6.92 Å². The zero-order chi connectivity index (χ0) is 14.8. The molecule has 0 aliphatic rings. The van der Waals surface area contributed by atoms with Crippen LogP contribution in [0.3, 0.4) is 0 Å². The highest BCUT2D eigenvalue weighted by molar-refractivity contribution is 7.93. The van der Waals surface area contributed by atoms with Crippen LogP contribution in [0.15, 0.2) is 0 Å². The van der Waals surface area contributed by atoms with E-state index >= 15 is 0 Å². The first kappa shape index (κ1) is 15.4. The number of rotatable bonds is 5. The smallest absolute Gasteiger partial charge is 0.340 e. The zero-order valence-electron chi connectivity index (χ0n) is 10.6. The fourth-order valence-corrected chi connectivity index (χ4v) is 3.92. The number of carboxylic acid groups (broad SMARTS) is 1. The van der Waals surface area contributed by atoms with Gasteiger partial charge in [-0.2, -0.15) is 9.64 Å². The Morgan fingerprint density at radius 3 is 2.63 bits per heavy atom. The summed E-state index contributed by atoms with van der Waals surface area (Å²) in [7, 11) is -2.69. The van der Waals surface area contributed by atoms with Gasteiger partial charge < -0.3 is 5.11 Å². The van der Waals surface area contributed by atoms with Crippen molar-refractivity contribution in [3.63, 3.8) is 0 Å². The molecule has 19 heavy (non-hydrogen) atoms. The minimum Gasteiger partial charge on any atom is -0.478 e. The molecular weight excluding hydrogens is 290 g/mol. The molecule has 0 aliphatic heterocycles. The van der Waals surface area contributed by atoms with E-state index in [1.54, 1.807) is 13.0 Å². The molecule has 0 saturated heterocycles. The minimum absolute atomic E-state index is 0.0127. The molecule has 0 radical (unpaired) electrons. The van der Waals surface area contributed by atoms with Gasteiger partial charge in [-0.3, -0.25) is 4.31 Å². The third kappa shape index (κ3) is 2.69. The third-order valence-electron chi connectivity index (χ3n) is 2.60. The molecule has 104 valence electrons. The van der Waals surface area contributed by atoms with Gasteiger partial charge in [-0.05, 0) is 24.9 Å². The van der Waals surface area contributed by atoms with Gasteiger partial charge in [0.15, 0.2) is 5.25 Å². The number of carboxylic acids is 1. The number of nitrogens with zero attached hydrogens (tertiary/aromatic N) is 3. The molecular formula is C10H13N3O4S2. The molecule has 0 bridgehead atoms. The molecule has 7 nitrogen and oxygen atoms in total. The van der Waals surface area contributed by atoms with E-state index < -0.39 is 21.2 Å². The largest absolute Gasteiger partial charge is 0.478 e. The van der Waals surface area contributed by atoms with Crippen molar-refractivity contribution in [2.24, 2.45) is 0 Å². The van der Waals surface area contributed by atoms with E-state index in [2.05, 4.69) is 4.37 Å². The van der Waals surface area contributed by atoms with Gasteiger partial charge in [0.05, 0.1) is 11.8 Å². The summed E-state index contributed by atoms with van der Waals surface area (Å²) < 4.78 is 29.0. The number of hydrogen-bond acceptors (Lipinski definition) is 6. The van der Waals surface area contributed by atoms with E-state index in [-0.39, 0.29) is 22.7 Å². The van der Waals surface area contributed by atoms with Crippen LogP contribution in [0.1, 0.15) is 29.4 Å². The summed E-state index contributed by atoms with van der Waals surface area (Å²) in [6, 6.07) is 1.71. The summed E-state index contributed by atoms with van der Waals surface area (Å²) >= 11 is 0.784. The predicted octanol–water partition coefficient (Wildman–Crippen LogP) is 1.22. The maximum atomic E-state index is 12.2. The molecule has 1 N–H and O–H groups in total. The Kier molecular flexibility index (Phi) is 4.49. The highest BCUT2D eigenvalue weighted by Crippen LogP contribution is 2.30. The second-order valence-corrected chi connectivity index (χ2v) is 6.69. The third-order valence-corrected chi connectivity index (χ3v) is 5.84. The van der Waals surface area contributed by atoms with Gasteiger partial charge in [0, 0.05) is 7.05 Å². The monoisotopic (exact) mass is 303 g/mol. The molecule has 0 saturated carbocycles. The van der Waals surface area contributed by atoms with Crippen LogP contribution >= 0.6 is 11.5 Å². The summed E-state index contributed by atoms with van der Waals surface area (Å²) in [5.74, 6) is -1.24. The zero-order valence-corrected chi connectivity index (χ0v) is 12.2. The van der Waals surface area contributed by atoms with Gasteiger partial charge >= 0.3 is 5.97 Å². The lowest BCUT2D eigenvalue weighted by Crippen LogP contribution is -2.35. The standard InChI is InChI=1S/C10H13N3O4S2/c1-4-7(5-11)19(16,17)13(3)9-8(10(14)15)6(2)12-18-9/h7H,4H2,1-3H3,(H,14,15). The van der Waals surface area contributed by atoms with Gasteiger partial charge in [0.1, 0.15) is 10.6 Å². The number of carbonyl (C=O) groups is 1. The molecule has 1 aromatic rings. The number of anilines is 1. The van der Waals surface area contributed by atoms with Crippen molar-refractivity contribution >= 4 is 32.5 Å². The number of sulfonamides is 1. The Labute approximate surface area is 115 Å². The number of hydrogen-bond donors (Lipinski definition) is 1. The fraction of sp³-hybridized carbons (Fsp3) is 0.500. The van der Waals surface area contributed by atoms with Crippen LogP contribution in [0, 0.1) is 18.3 Å². The number of aromatic carboxylic acids is 1. The number of nitriles is 1. The van der Waals surface area contributed by atoms with E-state index in [9.17, 15) is 13.2 Å². The Morgan fingerprint density at radius 1 is 1.63 bits per heavy atom. The van der Waals surface area contributed by atoms with Gasteiger partial charge in [0.2, 0.25) is 0 Å². The molecule has 0 fully saturated rings. The molecule has 0 spiro atoms. The second kappa shape index (κ2) is 5.54. The van der Waals surface area contributed by atoms with Crippen molar-refractivity contribution < 1.29 is 18.3 Å². The molecule has 9 heteroatoms. The van der Waals surface area contributed by atoms with Crippen molar-refractivity contribution in [3.8, 4) is 6.07 Å². The van der Waals surface area contributed by atoms with Crippen LogP contribution in [-0.4, -0.2) is 36.2 Å². The van der Waals surface area contributed by atoms with Gasteiger partial charge in [-0.25, -0.2) is 13.2 Å². The predicted molar refractivity (Wildman–Crippen MR) is 70.8 cm³/mol. The molecule has 0 aromatic carbocycles. The van der Waals surface area contributed by atoms with Crippen molar-refractivity contribution in [2.75, 3.05) is 11.4 Å². The average molecular weight is 303 g/mol. The molecule has 1 atom stereocenters. The first-order valence-corrected chi connectivity index (χ1v) is 7.61. The Bertz CT molecular complexity index is 630. The summed E-state index contributed by atoms with van der Waals surface area (Å²) in [5, 5.41) is 16.7. The quantitative estimate of drug-likeness (QED) is 0.875. The summed E-state index contributed by atoms with van der Waals surface area (Å²) in [6.07, 6.45) is 0.128. The SMILES string of the molecule is CCC(C#N)S(=O)(=O)N(C)c1snc(C)c1C(=O)O. The lowest BCUT2D eigenvalue weighted by Gasteiger charge is -2.20.